The van der Waals surface area contributed by atoms with E-state index >= 15 is 8.78 Å². The molecule has 0 spiro atoms. The van der Waals surface area contributed by atoms with Crippen LogP contribution in [0.2, 0.25) is 0 Å². The van der Waals surface area contributed by atoms with Gasteiger partial charge in [0.2, 0.25) is 0 Å². The van der Waals surface area contributed by atoms with Crippen molar-refractivity contribution in [2.75, 3.05) is 17.9 Å². The number of carbonyl (C=O) groups excluding carboxylic acids is 2. The largest absolute Gasteiger partial charge is 0.381 e. The molecule has 0 unspecified atom stereocenters. The molecule has 0 saturated carbocycles. The van der Waals surface area contributed by atoms with E-state index in [4.69, 9.17) is 4.74 Å². The number of hydrogen-bond acceptors (Lipinski definition) is 12. The molecule has 0 radical (unpaired) electrons. The molecule has 0 bridgehead atoms. The summed E-state index contributed by atoms with van der Waals surface area (Å²) in [4.78, 5) is 68.5. The molecule has 20 heteroatoms. The van der Waals surface area contributed by atoms with Crippen molar-refractivity contribution in [2.45, 2.75) is 42.5 Å². The van der Waals surface area contributed by atoms with Crippen molar-refractivity contribution < 1.29 is 36.7 Å². The monoisotopic (exact) mass is 827 g/mol. The summed E-state index contributed by atoms with van der Waals surface area (Å²) in [5.74, 6) is -3.97. The molecule has 304 valence electrons. The first-order chi connectivity index (χ1) is 28.3. The predicted octanol–water partition coefficient (Wildman–Crippen LogP) is 3.15. The second-order valence-corrected chi connectivity index (χ2v) is 15.3. The molecule has 1 saturated heterocycles. The lowest BCUT2D eigenvalue weighted by atomic mass is 9.99. The predicted molar refractivity (Wildman–Crippen MR) is 207 cm³/mol. The number of nitrogens with one attached hydrogen (secondary N) is 3. The van der Waals surface area contributed by atoms with Crippen molar-refractivity contribution in [3.05, 3.63) is 135 Å². The highest BCUT2D eigenvalue weighted by molar-refractivity contribution is 7.92. The summed E-state index contributed by atoms with van der Waals surface area (Å²) in [6.45, 7) is 1.29. The lowest BCUT2D eigenvalue weighted by Crippen LogP contribution is -2.46. The van der Waals surface area contributed by atoms with Crippen molar-refractivity contribution in [1.82, 2.24) is 39.9 Å². The molecule has 1 fully saturated rings. The van der Waals surface area contributed by atoms with Gasteiger partial charge in [-0.2, -0.15) is 0 Å². The fraction of sp³-hybridized carbons (Fsp3) is 0.231. The Morgan fingerprint density at radius 2 is 1.66 bits per heavy atom. The molecule has 2 amide bonds. The first-order valence-corrected chi connectivity index (χ1v) is 19.6. The number of rotatable bonds is 12. The summed E-state index contributed by atoms with van der Waals surface area (Å²) in [6, 6.07) is 9.53. The van der Waals surface area contributed by atoms with Gasteiger partial charge in [0, 0.05) is 62.6 Å². The van der Waals surface area contributed by atoms with Crippen LogP contribution in [0.5, 0.6) is 0 Å². The van der Waals surface area contributed by atoms with Crippen LogP contribution in [-0.4, -0.2) is 73.8 Å². The minimum absolute atomic E-state index is 0.0236. The maximum absolute atomic E-state index is 15.3. The lowest BCUT2D eigenvalue weighted by molar-refractivity contribution is -0.131. The van der Waals surface area contributed by atoms with Crippen LogP contribution in [0.4, 0.5) is 14.5 Å². The Morgan fingerprint density at radius 3 is 2.34 bits per heavy atom. The number of hydrogen-bond donors (Lipinski definition) is 4. The van der Waals surface area contributed by atoms with Crippen LogP contribution < -0.4 is 26.8 Å². The van der Waals surface area contributed by atoms with E-state index in [-0.39, 0.29) is 34.9 Å². The number of halogens is 2. The molecule has 6 aromatic rings. The van der Waals surface area contributed by atoms with E-state index in [0.29, 0.717) is 53.4 Å². The summed E-state index contributed by atoms with van der Waals surface area (Å²) >= 11 is 0. The number of nitrogens with zero attached hydrogens (tertiary/aromatic N) is 6. The Bertz CT molecular complexity index is 2780. The number of fused-ring (bicyclic) bond motifs is 1. The zero-order valence-electron chi connectivity index (χ0n) is 31.1. The number of aromatic nitrogens is 6. The molecule has 0 aliphatic carbocycles. The van der Waals surface area contributed by atoms with Crippen LogP contribution in [0, 0.1) is 11.6 Å². The number of ether oxygens (including phenoxy) is 1. The summed E-state index contributed by atoms with van der Waals surface area (Å²) in [6.07, 6.45) is 8.99. The number of carbonyl (C=O) groups is 2. The molecule has 17 nitrogen and oxygen atoms in total. The Kier molecular flexibility index (Phi) is 11.6. The van der Waals surface area contributed by atoms with E-state index in [1.54, 1.807) is 12.4 Å². The zero-order chi connectivity index (χ0) is 41.8. The SMILES string of the molecule is Cn1c(=O)n(-c2ccc(CC[C@H](NC(=O)c3cc(F)c(NS(=O)(=O)c4ccc(-c5cnc(C6CCOCC6)nc5)cc4)cc3F)C(=O)NO)cn2)c(=O)c2ccncc21. The van der Waals surface area contributed by atoms with E-state index in [2.05, 4.69) is 25.3 Å². The van der Waals surface area contributed by atoms with Gasteiger partial charge in [0.05, 0.1) is 33.2 Å². The third kappa shape index (κ3) is 8.59. The number of sulfonamides is 1. The van der Waals surface area contributed by atoms with E-state index in [9.17, 15) is 32.8 Å². The van der Waals surface area contributed by atoms with Crippen molar-refractivity contribution in [3.63, 3.8) is 0 Å². The molecule has 2 aromatic carbocycles. The van der Waals surface area contributed by atoms with Gasteiger partial charge in [-0.05, 0) is 67.1 Å². The molecule has 4 aromatic heterocycles. The standard InChI is InChI=1S/C39H35F2N9O8S/c1-49-33-21-42-13-10-27(33)38(53)50(39(49)54)34-9-3-22(18-43-34)2-8-31(37(52)47-55)46-36(51)28-16-30(41)32(17-29(28)40)48-59(56,57)26-6-4-23(5-7-26)25-19-44-35(45-20-25)24-11-14-58-15-12-24/h3-7,9-10,13,16-21,24,31,48,55H,2,8,11-12,14-15H2,1H3,(H,46,51)(H,47,52)/t31-/m0/s1. The van der Waals surface area contributed by atoms with Crippen molar-refractivity contribution in [2.24, 2.45) is 7.05 Å². The van der Waals surface area contributed by atoms with Crippen LogP contribution in [-0.2, 0) is 33.0 Å². The van der Waals surface area contributed by atoms with Gasteiger partial charge < -0.3 is 10.1 Å². The number of anilines is 1. The maximum atomic E-state index is 15.3. The minimum Gasteiger partial charge on any atom is -0.381 e. The Morgan fingerprint density at radius 1 is 0.932 bits per heavy atom. The van der Waals surface area contributed by atoms with Gasteiger partial charge in [0.1, 0.15) is 29.3 Å². The van der Waals surface area contributed by atoms with Crippen LogP contribution in [0.15, 0.2) is 100 Å². The molecule has 59 heavy (non-hydrogen) atoms. The normalized spacial score (nSPS) is 13.8. The maximum Gasteiger partial charge on any atom is 0.337 e. The number of aryl methyl sites for hydroxylation is 2. The zero-order valence-corrected chi connectivity index (χ0v) is 31.9. The quantitative estimate of drug-likeness (QED) is 0.103. The third-order valence-electron chi connectivity index (χ3n) is 9.87. The first kappa shape index (κ1) is 40.4. The highest BCUT2D eigenvalue weighted by Gasteiger charge is 2.26. The topological polar surface area (TPSA) is 229 Å². The minimum atomic E-state index is -4.43. The first-order valence-electron chi connectivity index (χ1n) is 18.1. The molecular formula is C39H35F2N9O8S. The van der Waals surface area contributed by atoms with Gasteiger partial charge in [-0.25, -0.2) is 47.0 Å². The summed E-state index contributed by atoms with van der Waals surface area (Å²) in [5, 5.41) is 11.8. The molecule has 1 aliphatic rings. The Hall–Kier alpha value is -6.77. The highest BCUT2D eigenvalue weighted by atomic mass is 32.2. The third-order valence-corrected chi connectivity index (χ3v) is 11.2. The molecule has 5 heterocycles. The van der Waals surface area contributed by atoms with Crippen LogP contribution in [0.25, 0.3) is 27.8 Å². The summed E-state index contributed by atoms with van der Waals surface area (Å²) < 4.78 is 66.4. The van der Waals surface area contributed by atoms with Crippen LogP contribution in [0.1, 0.15) is 46.9 Å². The molecule has 4 N–H and O–H groups in total. The average Bonchev–Trinajstić information content (AvgIpc) is 3.26. The number of hydroxylamine groups is 1. The van der Waals surface area contributed by atoms with Gasteiger partial charge in [-0.1, -0.05) is 18.2 Å². The van der Waals surface area contributed by atoms with Gasteiger partial charge >= 0.3 is 5.69 Å². The van der Waals surface area contributed by atoms with E-state index in [1.165, 1.54) is 78.1 Å². The fourth-order valence-corrected chi connectivity index (χ4v) is 7.63. The molecule has 1 aliphatic heterocycles. The molecule has 1 atom stereocenters. The van der Waals surface area contributed by atoms with Crippen molar-refractivity contribution in [3.8, 4) is 16.9 Å². The van der Waals surface area contributed by atoms with Crippen LogP contribution in [0.3, 0.4) is 0 Å². The average molecular weight is 828 g/mol. The number of pyridine rings is 2. The Labute approximate surface area is 333 Å². The van der Waals surface area contributed by atoms with E-state index in [0.717, 1.165) is 17.4 Å². The smallest absolute Gasteiger partial charge is 0.337 e. The highest BCUT2D eigenvalue weighted by Crippen LogP contribution is 2.27. The molecular weight excluding hydrogens is 793 g/mol. The summed E-state index contributed by atoms with van der Waals surface area (Å²) in [5.41, 5.74) is 0.639. The number of benzene rings is 2. The molecule has 7 rings (SSSR count). The van der Waals surface area contributed by atoms with E-state index in [1.807, 2.05) is 4.72 Å². The fourth-order valence-electron chi connectivity index (χ4n) is 6.57. The second kappa shape index (κ2) is 17.0. The lowest BCUT2D eigenvalue weighted by Gasteiger charge is -2.20. The van der Waals surface area contributed by atoms with Crippen molar-refractivity contribution in [1.29, 1.82) is 0 Å². The van der Waals surface area contributed by atoms with Crippen LogP contribution >= 0.6 is 0 Å². The van der Waals surface area contributed by atoms with Gasteiger partial charge in [0.15, 0.2) is 0 Å². The number of amides is 2. The van der Waals surface area contributed by atoms with Gasteiger partial charge in [-0.3, -0.25) is 33.9 Å². The van der Waals surface area contributed by atoms with Crippen molar-refractivity contribution >= 4 is 38.4 Å². The second-order valence-electron chi connectivity index (χ2n) is 13.6. The van der Waals surface area contributed by atoms with Gasteiger partial charge in [0.25, 0.3) is 27.4 Å². The van der Waals surface area contributed by atoms with Gasteiger partial charge in [-0.15, -0.1) is 0 Å². The van der Waals surface area contributed by atoms with E-state index < -0.39 is 62.0 Å². The Balaban J connectivity index is 1.00. The summed E-state index contributed by atoms with van der Waals surface area (Å²) in [7, 11) is -2.94.